The molecule has 6 unspecified atom stereocenters. The summed E-state index contributed by atoms with van der Waals surface area (Å²) in [5.74, 6) is 3.38. The minimum Gasteiger partial charge on any atom is -0.393 e. The maximum Gasteiger partial charge on any atom is 0.155 e. The van der Waals surface area contributed by atoms with Crippen LogP contribution in [0.1, 0.15) is 58.3 Å². The Hall–Kier alpha value is -0.630. The van der Waals surface area contributed by atoms with Crippen LogP contribution in [-0.4, -0.2) is 17.0 Å². The molecule has 4 aliphatic rings. The van der Waals surface area contributed by atoms with Gasteiger partial charge in [0.05, 0.1) is 6.10 Å². The zero-order valence-corrected chi connectivity index (χ0v) is 12.5. The molecule has 0 saturated heterocycles. The van der Waals surface area contributed by atoms with Crippen molar-refractivity contribution in [3.05, 3.63) is 11.6 Å². The second-order valence-electron chi connectivity index (χ2n) is 8.09. The molecule has 3 fully saturated rings. The van der Waals surface area contributed by atoms with Crippen molar-refractivity contribution in [1.82, 2.24) is 0 Å². The van der Waals surface area contributed by atoms with E-state index >= 15 is 0 Å². The van der Waals surface area contributed by atoms with Crippen LogP contribution in [0.3, 0.4) is 0 Å². The summed E-state index contributed by atoms with van der Waals surface area (Å²) in [4.78, 5) is 11.6. The van der Waals surface area contributed by atoms with Crippen LogP contribution < -0.4 is 0 Å². The maximum absolute atomic E-state index is 11.6. The van der Waals surface area contributed by atoms with E-state index in [1.54, 1.807) is 0 Å². The van der Waals surface area contributed by atoms with Crippen LogP contribution in [0.25, 0.3) is 0 Å². The lowest BCUT2D eigenvalue weighted by atomic mass is 9.52. The minimum atomic E-state index is -0.0615. The molecule has 4 rings (SSSR count). The lowest BCUT2D eigenvalue weighted by molar-refractivity contribution is -0.116. The Kier molecular flexibility index (Phi) is 2.89. The molecule has 0 radical (unpaired) electrons. The normalized spacial score (nSPS) is 51.0. The molecule has 110 valence electrons. The monoisotopic (exact) mass is 274 g/mol. The van der Waals surface area contributed by atoms with E-state index in [-0.39, 0.29) is 6.10 Å². The highest BCUT2D eigenvalue weighted by Crippen LogP contribution is 2.61. The third-order valence-corrected chi connectivity index (χ3v) is 7.05. The first-order valence-electron chi connectivity index (χ1n) is 8.48. The Morgan fingerprint density at radius 3 is 2.90 bits per heavy atom. The number of hydrogen-bond acceptors (Lipinski definition) is 2. The van der Waals surface area contributed by atoms with Crippen LogP contribution in [0, 0.1) is 29.1 Å². The number of carbonyl (C=O) groups is 1. The Morgan fingerprint density at radius 2 is 2.05 bits per heavy atom. The highest BCUT2D eigenvalue weighted by Gasteiger charge is 2.54. The van der Waals surface area contributed by atoms with Gasteiger partial charge in [0.1, 0.15) is 0 Å². The average molecular weight is 274 g/mol. The van der Waals surface area contributed by atoms with E-state index in [1.807, 2.05) is 6.08 Å². The van der Waals surface area contributed by atoms with E-state index in [1.165, 1.54) is 24.8 Å². The van der Waals surface area contributed by atoms with Crippen molar-refractivity contribution in [3.63, 3.8) is 0 Å². The Bertz CT molecular complexity index is 466. The van der Waals surface area contributed by atoms with Gasteiger partial charge < -0.3 is 5.11 Å². The number of rotatable bonds is 0. The van der Waals surface area contributed by atoms with Crippen LogP contribution in [0.5, 0.6) is 0 Å². The third kappa shape index (κ3) is 1.83. The van der Waals surface area contributed by atoms with Gasteiger partial charge in [-0.1, -0.05) is 12.5 Å². The van der Waals surface area contributed by atoms with Gasteiger partial charge in [-0.15, -0.1) is 0 Å². The SMILES string of the molecule is CC12CCC3C4CCC(=O)C=C4CCC3C1CC(O)C2. The molecule has 3 saturated carbocycles. The molecular formula is C18H26O2. The molecule has 4 aliphatic carbocycles. The van der Waals surface area contributed by atoms with E-state index in [0.29, 0.717) is 17.1 Å². The summed E-state index contributed by atoms with van der Waals surface area (Å²) in [7, 11) is 0. The number of carbonyl (C=O) groups excluding carboxylic acids is 1. The van der Waals surface area contributed by atoms with Crippen molar-refractivity contribution < 1.29 is 9.90 Å². The summed E-state index contributed by atoms with van der Waals surface area (Å²) >= 11 is 0. The Balaban J connectivity index is 1.62. The van der Waals surface area contributed by atoms with Gasteiger partial charge in [0.15, 0.2) is 5.78 Å². The number of aliphatic hydroxyl groups is 1. The number of aliphatic hydroxyl groups excluding tert-OH is 1. The van der Waals surface area contributed by atoms with Crippen molar-refractivity contribution in [2.45, 2.75) is 64.4 Å². The summed E-state index contributed by atoms with van der Waals surface area (Å²) in [6, 6.07) is 0. The zero-order valence-electron chi connectivity index (χ0n) is 12.5. The predicted molar refractivity (Wildman–Crippen MR) is 78.1 cm³/mol. The number of fused-ring (bicyclic) bond motifs is 5. The van der Waals surface area contributed by atoms with Gasteiger partial charge in [-0.25, -0.2) is 0 Å². The first kappa shape index (κ1) is 13.1. The molecule has 0 aromatic heterocycles. The second kappa shape index (κ2) is 4.43. The fourth-order valence-corrected chi connectivity index (χ4v) is 6.20. The smallest absolute Gasteiger partial charge is 0.155 e. The quantitative estimate of drug-likeness (QED) is 0.734. The van der Waals surface area contributed by atoms with Crippen LogP contribution in [-0.2, 0) is 4.79 Å². The molecule has 0 spiro atoms. The number of allylic oxidation sites excluding steroid dienone is 1. The summed E-state index contributed by atoms with van der Waals surface area (Å²) in [6.45, 7) is 2.42. The molecule has 0 bridgehead atoms. The van der Waals surface area contributed by atoms with Crippen molar-refractivity contribution in [3.8, 4) is 0 Å². The largest absolute Gasteiger partial charge is 0.393 e. The van der Waals surface area contributed by atoms with E-state index in [4.69, 9.17) is 0 Å². The summed E-state index contributed by atoms with van der Waals surface area (Å²) in [5, 5.41) is 10.1. The molecule has 20 heavy (non-hydrogen) atoms. The molecule has 0 amide bonds. The fraction of sp³-hybridized carbons (Fsp3) is 0.833. The molecule has 0 aliphatic heterocycles. The molecular weight excluding hydrogens is 248 g/mol. The molecule has 0 aromatic carbocycles. The van der Waals surface area contributed by atoms with Crippen LogP contribution in [0.4, 0.5) is 0 Å². The molecule has 0 aromatic rings. The van der Waals surface area contributed by atoms with Crippen LogP contribution in [0.2, 0.25) is 0 Å². The topological polar surface area (TPSA) is 37.3 Å². The Labute approximate surface area is 121 Å². The molecule has 1 N–H and O–H groups in total. The van der Waals surface area contributed by atoms with Crippen molar-refractivity contribution in [2.24, 2.45) is 29.1 Å². The van der Waals surface area contributed by atoms with Crippen LogP contribution in [0.15, 0.2) is 11.6 Å². The van der Waals surface area contributed by atoms with E-state index in [0.717, 1.165) is 49.9 Å². The van der Waals surface area contributed by atoms with Gasteiger partial charge >= 0.3 is 0 Å². The van der Waals surface area contributed by atoms with Gasteiger partial charge in [0.2, 0.25) is 0 Å². The molecule has 6 atom stereocenters. The zero-order chi connectivity index (χ0) is 13.9. The fourth-order valence-electron chi connectivity index (χ4n) is 6.20. The first-order valence-corrected chi connectivity index (χ1v) is 8.48. The van der Waals surface area contributed by atoms with Gasteiger partial charge in [-0.05, 0) is 80.1 Å². The van der Waals surface area contributed by atoms with E-state index in [9.17, 15) is 9.90 Å². The molecule has 0 heterocycles. The Morgan fingerprint density at radius 1 is 1.20 bits per heavy atom. The molecule has 2 nitrogen and oxygen atoms in total. The lowest BCUT2D eigenvalue weighted by Gasteiger charge is -2.52. The molecule has 2 heteroatoms. The highest BCUT2D eigenvalue weighted by molar-refractivity contribution is 5.91. The van der Waals surface area contributed by atoms with Crippen molar-refractivity contribution in [2.75, 3.05) is 0 Å². The van der Waals surface area contributed by atoms with Crippen LogP contribution >= 0.6 is 0 Å². The number of ketones is 1. The predicted octanol–water partition coefficient (Wildman–Crippen LogP) is 3.49. The van der Waals surface area contributed by atoms with E-state index < -0.39 is 0 Å². The maximum atomic E-state index is 11.6. The first-order chi connectivity index (χ1) is 9.57. The van der Waals surface area contributed by atoms with Gasteiger partial charge in [-0.3, -0.25) is 4.79 Å². The standard InChI is InChI=1S/C18H26O2/c1-18-7-6-15-14-5-3-12(19)8-11(14)2-4-16(15)17(18)9-13(20)10-18/h8,13-17,20H,2-7,9-10H2,1H3. The van der Waals surface area contributed by atoms with Crippen molar-refractivity contribution >= 4 is 5.78 Å². The van der Waals surface area contributed by atoms with Gasteiger partial charge in [0, 0.05) is 6.42 Å². The summed E-state index contributed by atoms with van der Waals surface area (Å²) in [6.07, 6.45) is 10.8. The lowest BCUT2D eigenvalue weighted by Crippen LogP contribution is -2.44. The number of hydrogen-bond donors (Lipinski definition) is 1. The minimum absolute atomic E-state index is 0.0615. The average Bonchev–Trinajstić information content (AvgIpc) is 2.72. The summed E-state index contributed by atoms with van der Waals surface area (Å²) < 4.78 is 0. The second-order valence-corrected chi connectivity index (χ2v) is 8.09. The van der Waals surface area contributed by atoms with Gasteiger partial charge in [-0.2, -0.15) is 0 Å². The van der Waals surface area contributed by atoms with E-state index in [2.05, 4.69) is 6.92 Å². The summed E-state index contributed by atoms with van der Waals surface area (Å²) in [5.41, 5.74) is 1.86. The highest BCUT2D eigenvalue weighted by atomic mass is 16.3. The third-order valence-electron chi connectivity index (χ3n) is 7.05. The van der Waals surface area contributed by atoms with Crippen molar-refractivity contribution in [1.29, 1.82) is 0 Å². The van der Waals surface area contributed by atoms with Gasteiger partial charge in [0.25, 0.3) is 0 Å².